The van der Waals surface area contributed by atoms with Crippen LogP contribution < -0.4 is 9.47 Å². The lowest BCUT2D eigenvalue weighted by Gasteiger charge is -2.26. The van der Waals surface area contributed by atoms with Gasteiger partial charge < -0.3 is 9.47 Å². The molecule has 4 rings (SSSR count). The number of fused-ring (bicyclic) bond motifs is 1. The van der Waals surface area contributed by atoms with E-state index >= 15 is 0 Å². The molecular weight excluding hydrogens is 348 g/mol. The lowest BCUT2D eigenvalue weighted by Crippen LogP contribution is -2.13. The standard InChI is InChI=1S/C25H22O3/c1-27-19-11-7-17(8-12-19)21-15-16-24(23-6-4-3-5-22(21)23)25(26)18-9-13-20(28-2)14-10-18/h3-14,16,21H,15H2,1-2H3. The van der Waals surface area contributed by atoms with Gasteiger partial charge in [0.15, 0.2) is 5.78 Å². The van der Waals surface area contributed by atoms with Crippen molar-refractivity contribution in [3.05, 3.63) is 101 Å². The molecule has 0 spiro atoms. The van der Waals surface area contributed by atoms with Crippen molar-refractivity contribution in [2.75, 3.05) is 14.2 Å². The molecule has 3 nitrogen and oxygen atoms in total. The molecule has 0 aliphatic heterocycles. The quantitative estimate of drug-likeness (QED) is 0.556. The molecule has 28 heavy (non-hydrogen) atoms. The van der Waals surface area contributed by atoms with Gasteiger partial charge in [0, 0.05) is 17.1 Å². The average molecular weight is 370 g/mol. The van der Waals surface area contributed by atoms with Crippen LogP contribution in [-0.2, 0) is 0 Å². The molecule has 3 aromatic rings. The fourth-order valence-corrected chi connectivity index (χ4v) is 3.78. The van der Waals surface area contributed by atoms with Gasteiger partial charge >= 0.3 is 0 Å². The minimum atomic E-state index is 0.0447. The summed E-state index contributed by atoms with van der Waals surface area (Å²) >= 11 is 0. The zero-order chi connectivity index (χ0) is 19.5. The van der Waals surface area contributed by atoms with Crippen molar-refractivity contribution in [2.45, 2.75) is 12.3 Å². The van der Waals surface area contributed by atoms with Gasteiger partial charge in [-0.15, -0.1) is 0 Å². The first kappa shape index (κ1) is 18.1. The van der Waals surface area contributed by atoms with Gasteiger partial charge in [-0.3, -0.25) is 4.79 Å². The van der Waals surface area contributed by atoms with E-state index in [9.17, 15) is 4.79 Å². The Balaban J connectivity index is 1.69. The summed E-state index contributed by atoms with van der Waals surface area (Å²) in [5, 5.41) is 0. The highest BCUT2D eigenvalue weighted by molar-refractivity contribution is 6.29. The molecule has 1 aliphatic rings. The van der Waals surface area contributed by atoms with E-state index in [2.05, 4.69) is 24.3 Å². The molecule has 1 unspecified atom stereocenters. The Hall–Kier alpha value is -3.33. The number of carbonyl (C=O) groups excluding carboxylic acids is 1. The van der Waals surface area contributed by atoms with Gasteiger partial charge in [0.1, 0.15) is 11.5 Å². The van der Waals surface area contributed by atoms with Crippen LogP contribution in [-0.4, -0.2) is 20.0 Å². The van der Waals surface area contributed by atoms with Crippen LogP contribution in [0.3, 0.4) is 0 Å². The maximum atomic E-state index is 13.2. The van der Waals surface area contributed by atoms with Crippen LogP contribution in [0.4, 0.5) is 0 Å². The number of hydrogen-bond acceptors (Lipinski definition) is 3. The zero-order valence-electron chi connectivity index (χ0n) is 16.0. The van der Waals surface area contributed by atoms with Crippen molar-refractivity contribution in [1.29, 1.82) is 0 Å². The second-order valence-corrected chi connectivity index (χ2v) is 6.82. The molecule has 0 aromatic heterocycles. The first-order chi connectivity index (χ1) is 13.7. The number of carbonyl (C=O) groups is 1. The van der Waals surface area contributed by atoms with E-state index in [4.69, 9.17) is 9.47 Å². The van der Waals surface area contributed by atoms with Gasteiger partial charge in [-0.1, -0.05) is 42.5 Å². The Morgan fingerprint density at radius 1 is 0.821 bits per heavy atom. The summed E-state index contributed by atoms with van der Waals surface area (Å²) in [7, 11) is 3.29. The third-order valence-corrected chi connectivity index (χ3v) is 5.30. The zero-order valence-corrected chi connectivity index (χ0v) is 16.0. The molecule has 0 fully saturated rings. The van der Waals surface area contributed by atoms with E-state index in [0.717, 1.165) is 29.1 Å². The Morgan fingerprint density at radius 2 is 1.43 bits per heavy atom. The molecule has 1 atom stereocenters. The third-order valence-electron chi connectivity index (χ3n) is 5.30. The predicted octanol–water partition coefficient (Wildman–Crippen LogP) is 5.51. The van der Waals surface area contributed by atoms with Crippen LogP contribution in [0, 0.1) is 0 Å². The van der Waals surface area contributed by atoms with Crippen molar-refractivity contribution < 1.29 is 14.3 Å². The van der Waals surface area contributed by atoms with E-state index in [1.807, 2.05) is 54.6 Å². The summed E-state index contributed by atoms with van der Waals surface area (Å²) in [6.07, 6.45) is 2.87. The molecule has 3 heteroatoms. The van der Waals surface area contributed by atoms with Gasteiger partial charge in [-0.25, -0.2) is 0 Å². The molecular formula is C25H22O3. The summed E-state index contributed by atoms with van der Waals surface area (Å²) in [4.78, 5) is 13.2. The highest BCUT2D eigenvalue weighted by atomic mass is 16.5. The number of Topliss-reactive ketones (excluding diaryl/α,β-unsaturated/α-hetero) is 1. The Morgan fingerprint density at radius 3 is 2.07 bits per heavy atom. The van der Waals surface area contributed by atoms with Gasteiger partial charge in [-0.2, -0.15) is 0 Å². The largest absolute Gasteiger partial charge is 0.497 e. The first-order valence-corrected chi connectivity index (χ1v) is 9.33. The fraction of sp³-hybridized carbons (Fsp3) is 0.160. The van der Waals surface area contributed by atoms with Gasteiger partial charge in [-0.05, 0) is 59.5 Å². The Kier molecular flexibility index (Phi) is 4.98. The summed E-state index contributed by atoms with van der Waals surface area (Å²) in [5.41, 5.74) is 4.86. The molecule has 0 radical (unpaired) electrons. The number of rotatable bonds is 5. The molecule has 0 heterocycles. The monoisotopic (exact) mass is 370 g/mol. The van der Waals surface area contributed by atoms with E-state index in [-0.39, 0.29) is 11.7 Å². The molecule has 0 saturated carbocycles. The number of hydrogen-bond donors (Lipinski definition) is 0. The normalized spacial score (nSPS) is 15.4. The summed E-state index contributed by atoms with van der Waals surface area (Å²) in [5.74, 6) is 1.87. The minimum Gasteiger partial charge on any atom is -0.497 e. The van der Waals surface area contributed by atoms with Crippen LogP contribution in [0.2, 0.25) is 0 Å². The van der Waals surface area contributed by atoms with E-state index in [0.29, 0.717) is 5.56 Å². The molecule has 1 aliphatic carbocycles. The second-order valence-electron chi connectivity index (χ2n) is 6.82. The van der Waals surface area contributed by atoms with Gasteiger partial charge in [0.05, 0.1) is 14.2 Å². The summed E-state index contributed by atoms with van der Waals surface area (Å²) < 4.78 is 10.5. The van der Waals surface area contributed by atoms with E-state index in [1.165, 1.54) is 11.1 Å². The maximum absolute atomic E-state index is 13.2. The topological polar surface area (TPSA) is 35.5 Å². The molecule has 0 amide bonds. The van der Waals surface area contributed by atoms with Crippen molar-refractivity contribution in [3.8, 4) is 11.5 Å². The van der Waals surface area contributed by atoms with E-state index < -0.39 is 0 Å². The third kappa shape index (κ3) is 3.31. The van der Waals surface area contributed by atoms with E-state index in [1.54, 1.807) is 14.2 Å². The summed E-state index contributed by atoms with van der Waals surface area (Å²) in [6.45, 7) is 0. The van der Waals surface area contributed by atoms with Crippen LogP contribution in [0.15, 0.2) is 78.9 Å². The number of ether oxygens (including phenoxy) is 2. The predicted molar refractivity (Wildman–Crippen MR) is 111 cm³/mol. The average Bonchev–Trinajstić information content (AvgIpc) is 2.78. The van der Waals surface area contributed by atoms with Crippen LogP contribution in [0.25, 0.3) is 5.57 Å². The lowest BCUT2D eigenvalue weighted by molar-refractivity contribution is 0.105. The van der Waals surface area contributed by atoms with Crippen molar-refractivity contribution >= 4 is 11.4 Å². The van der Waals surface area contributed by atoms with Crippen LogP contribution >= 0.6 is 0 Å². The maximum Gasteiger partial charge on any atom is 0.193 e. The molecule has 0 bridgehead atoms. The summed E-state index contributed by atoms with van der Waals surface area (Å²) in [6, 6.07) is 23.7. The highest BCUT2D eigenvalue weighted by Crippen LogP contribution is 2.40. The van der Waals surface area contributed by atoms with Gasteiger partial charge in [0.25, 0.3) is 0 Å². The Bertz CT molecular complexity index is 1010. The van der Waals surface area contributed by atoms with Crippen molar-refractivity contribution in [2.24, 2.45) is 0 Å². The SMILES string of the molecule is COc1ccc(C(=O)C2=CCC(c3ccc(OC)cc3)c3ccccc32)cc1. The molecule has 0 saturated heterocycles. The fourth-order valence-electron chi connectivity index (χ4n) is 3.78. The lowest BCUT2D eigenvalue weighted by atomic mass is 9.77. The number of methoxy groups -OCH3 is 2. The van der Waals surface area contributed by atoms with Crippen molar-refractivity contribution in [1.82, 2.24) is 0 Å². The minimum absolute atomic E-state index is 0.0447. The number of allylic oxidation sites excluding steroid dienone is 2. The number of ketones is 1. The molecule has 140 valence electrons. The highest BCUT2D eigenvalue weighted by Gasteiger charge is 2.26. The Labute approximate surface area is 165 Å². The smallest absolute Gasteiger partial charge is 0.193 e. The van der Waals surface area contributed by atoms with Crippen LogP contribution in [0.1, 0.15) is 39.4 Å². The van der Waals surface area contributed by atoms with Crippen LogP contribution in [0.5, 0.6) is 11.5 Å². The van der Waals surface area contributed by atoms with Gasteiger partial charge in [0.2, 0.25) is 0 Å². The molecule has 0 N–H and O–H groups in total. The molecule has 3 aromatic carbocycles. The second kappa shape index (κ2) is 7.73. The first-order valence-electron chi connectivity index (χ1n) is 9.33. The number of benzene rings is 3. The van der Waals surface area contributed by atoms with Crippen molar-refractivity contribution in [3.63, 3.8) is 0 Å².